The molecule has 2 aliphatic heterocycles. The Hall–Kier alpha value is -3.08. The summed E-state index contributed by atoms with van der Waals surface area (Å²) in [5, 5.41) is 0.780. The van der Waals surface area contributed by atoms with Crippen molar-refractivity contribution in [3.63, 3.8) is 0 Å². The molecule has 0 bridgehead atoms. The highest BCUT2D eigenvalue weighted by atomic mass is 35.5. The van der Waals surface area contributed by atoms with Crippen molar-refractivity contribution in [2.75, 3.05) is 13.3 Å². The molecule has 0 saturated heterocycles. The molecule has 34 heavy (non-hydrogen) atoms. The minimum Gasteiger partial charge on any atom is -0.478 e. The lowest BCUT2D eigenvalue weighted by Gasteiger charge is -2.30. The summed E-state index contributed by atoms with van der Waals surface area (Å²) in [6, 6.07) is 18.1. The second-order valence-corrected chi connectivity index (χ2v) is 9.71. The molecule has 0 unspecified atom stereocenters. The van der Waals surface area contributed by atoms with E-state index in [2.05, 4.69) is 36.9 Å². The maximum absolute atomic E-state index is 13.3. The molecule has 2 aliphatic rings. The van der Waals surface area contributed by atoms with Crippen LogP contribution in [0.1, 0.15) is 57.9 Å². The lowest BCUT2D eigenvalue weighted by Crippen LogP contribution is -2.34. The van der Waals surface area contributed by atoms with E-state index in [-0.39, 0.29) is 5.78 Å². The highest BCUT2D eigenvalue weighted by Gasteiger charge is 2.35. The largest absolute Gasteiger partial charge is 0.478 e. The third-order valence-electron chi connectivity index (χ3n) is 6.54. The zero-order valence-corrected chi connectivity index (χ0v) is 20.5. The van der Waals surface area contributed by atoms with Crippen LogP contribution in [-0.4, -0.2) is 24.0 Å². The summed E-state index contributed by atoms with van der Waals surface area (Å²) in [5.74, 6) is 2.17. The Balaban J connectivity index is 1.38. The van der Waals surface area contributed by atoms with Gasteiger partial charge in [0, 0.05) is 18.1 Å². The lowest BCUT2D eigenvalue weighted by molar-refractivity contribution is 0.0949. The van der Waals surface area contributed by atoms with E-state index in [4.69, 9.17) is 21.1 Å². The Morgan fingerprint density at radius 1 is 1.12 bits per heavy atom. The van der Waals surface area contributed by atoms with E-state index in [9.17, 15) is 4.79 Å². The smallest absolute Gasteiger partial charge is 0.232 e. The molecule has 5 rings (SSSR count). The summed E-state index contributed by atoms with van der Waals surface area (Å²) in [4.78, 5) is 15.5. The van der Waals surface area contributed by atoms with Gasteiger partial charge in [-0.1, -0.05) is 67.9 Å². The normalized spacial score (nSPS) is 16.4. The SMILES string of the molecule is Cc1cc2c(c3c1C(=O)/C(=C/c1ccc(C(C)C)cc1)O3)CN(CCc1ccccc1Cl)CO2. The van der Waals surface area contributed by atoms with Crippen molar-refractivity contribution in [3.05, 3.63) is 98.8 Å². The van der Waals surface area contributed by atoms with Gasteiger partial charge in [0.1, 0.15) is 18.2 Å². The molecule has 0 saturated carbocycles. The predicted octanol–water partition coefficient (Wildman–Crippen LogP) is 6.78. The number of hydrogen-bond donors (Lipinski definition) is 0. The molecule has 0 fully saturated rings. The molecule has 174 valence electrons. The van der Waals surface area contributed by atoms with Crippen molar-refractivity contribution in [2.45, 2.75) is 39.7 Å². The van der Waals surface area contributed by atoms with Crippen LogP contribution in [0.3, 0.4) is 0 Å². The van der Waals surface area contributed by atoms with Crippen molar-refractivity contribution in [1.82, 2.24) is 4.90 Å². The molecule has 0 aromatic heterocycles. The Kier molecular flexibility index (Phi) is 6.20. The van der Waals surface area contributed by atoms with Gasteiger partial charge in [-0.15, -0.1) is 0 Å². The number of nitrogens with zero attached hydrogens (tertiary/aromatic N) is 1. The van der Waals surface area contributed by atoms with Crippen molar-refractivity contribution in [2.24, 2.45) is 0 Å². The van der Waals surface area contributed by atoms with Crippen molar-refractivity contribution >= 4 is 23.5 Å². The van der Waals surface area contributed by atoms with Gasteiger partial charge in [-0.3, -0.25) is 9.69 Å². The van der Waals surface area contributed by atoms with Crippen LogP contribution in [0.2, 0.25) is 5.02 Å². The molecule has 0 spiro atoms. The summed E-state index contributed by atoms with van der Waals surface area (Å²) in [5.41, 5.74) is 5.78. The molecule has 0 aliphatic carbocycles. The fraction of sp³-hybridized carbons (Fsp3) is 0.276. The minimum atomic E-state index is -0.0728. The highest BCUT2D eigenvalue weighted by Crippen LogP contribution is 2.44. The van der Waals surface area contributed by atoms with Crippen LogP contribution < -0.4 is 9.47 Å². The van der Waals surface area contributed by atoms with Gasteiger partial charge in [-0.05, 0) is 59.7 Å². The number of hydrogen-bond acceptors (Lipinski definition) is 4. The van der Waals surface area contributed by atoms with E-state index in [0.29, 0.717) is 36.3 Å². The predicted molar refractivity (Wildman–Crippen MR) is 136 cm³/mol. The first kappa shape index (κ1) is 22.7. The summed E-state index contributed by atoms with van der Waals surface area (Å²) in [7, 11) is 0. The molecule has 0 radical (unpaired) electrons. The number of fused-ring (bicyclic) bond motifs is 3. The number of aryl methyl sites for hydroxylation is 1. The number of allylic oxidation sites excluding steroid dienone is 1. The van der Waals surface area contributed by atoms with Gasteiger partial charge in [0.15, 0.2) is 5.76 Å². The third-order valence-corrected chi connectivity index (χ3v) is 6.91. The Morgan fingerprint density at radius 3 is 2.62 bits per heavy atom. The zero-order valence-electron chi connectivity index (χ0n) is 19.7. The third kappa shape index (κ3) is 4.36. The summed E-state index contributed by atoms with van der Waals surface area (Å²) >= 11 is 6.33. The maximum Gasteiger partial charge on any atom is 0.232 e. The van der Waals surface area contributed by atoms with Gasteiger partial charge in [0.25, 0.3) is 0 Å². The first-order chi connectivity index (χ1) is 16.4. The molecule has 0 amide bonds. The number of ketones is 1. The topological polar surface area (TPSA) is 38.8 Å². The zero-order chi connectivity index (χ0) is 23.8. The van der Waals surface area contributed by atoms with Gasteiger partial charge in [-0.2, -0.15) is 0 Å². The van der Waals surface area contributed by atoms with Crippen LogP contribution in [0, 0.1) is 6.92 Å². The quantitative estimate of drug-likeness (QED) is 0.383. The van der Waals surface area contributed by atoms with E-state index in [1.165, 1.54) is 5.56 Å². The monoisotopic (exact) mass is 473 g/mol. The van der Waals surface area contributed by atoms with Gasteiger partial charge < -0.3 is 9.47 Å². The lowest BCUT2D eigenvalue weighted by atomic mass is 9.98. The number of carbonyl (C=O) groups is 1. The number of halogens is 1. The first-order valence-corrected chi connectivity index (χ1v) is 12.1. The van der Waals surface area contributed by atoms with Crippen LogP contribution in [0.4, 0.5) is 0 Å². The van der Waals surface area contributed by atoms with Gasteiger partial charge >= 0.3 is 0 Å². The molecule has 4 nitrogen and oxygen atoms in total. The van der Waals surface area contributed by atoms with Crippen LogP contribution in [0.25, 0.3) is 6.08 Å². The van der Waals surface area contributed by atoms with E-state index >= 15 is 0 Å². The fourth-order valence-electron chi connectivity index (χ4n) is 4.53. The minimum absolute atomic E-state index is 0.0728. The second-order valence-electron chi connectivity index (χ2n) is 9.30. The van der Waals surface area contributed by atoms with Gasteiger partial charge in [-0.25, -0.2) is 0 Å². The molecule has 0 N–H and O–H groups in total. The number of benzene rings is 3. The fourth-order valence-corrected chi connectivity index (χ4v) is 4.76. The van der Waals surface area contributed by atoms with E-state index in [1.54, 1.807) is 0 Å². The molecule has 2 heterocycles. The summed E-state index contributed by atoms with van der Waals surface area (Å²) in [6.07, 6.45) is 2.65. The van der Waals surface area contributed by atoms with Crippen LogP contribution in [0.15, 0.2) is 60.4 Å². The van der Waals surface area contributed by atoms with Gasteiger partial charge in [0.05, 0.1) is 11.1 Å². The molecular formula is C29H28ClNO3. The number of Topliss-reactive ketones (excluding diaryl/α,β-unsaturated/α-hetero) is 1. The van der Waals surface area contributed by atoms with E-state index in [0.717, 1.165) is 46.0 Å². The molecular weight excluding hydrogens is 446 g/mol. The number of ether oxygens (including phenoxy) is 2. The molecule has 5 heteroatoms. The number of rotatable bonds is 5. The summed E-state index contributed by atoms with van der Waals surface area (Å²) < 4.78 is 12.3. The average Bonchev–Trinajstić information content (AvgIpc) is 3.16. The van der Waals surface area contributed by atoms with Crippen LogP contribution in [0.5, 0.6) is 11.5 Å². The van der Waals surface area contributed by atoms with Crippen LogP contribution >= 0.6 is 11.6 Å². The average molecular weight is 474 g/mol. The van der Waals surface area contributed by atoms with E-state index in [1.807, 2.05) is 49.4 Å². The number of carbonyl (C=O) groups excluding carboxylic acids is 1. The molecule has 3 aromatic carbocycles. The standard InChI is InChI=1S/C29H28ClNO3/c1-18(2)21-10-8-20(9-11-21)15-26-28(32)27-19(3)14-25-23(29(27)34-26)16-31(17-33-25)13-12-22-6-4-5-7-24(22)30/h4-11,14-15,18H,12-13,16-17H2,1-3H3/b26-15-. The van der Waals surface area contributed by atoms with Crippen molar-refractivity contribution < 1.29 is 14.3 Å². The second kappa shape index (κ2) is 9.28. The van der Waals surface area contributed by atoms with Crippen molar-refractivity contribution in [3.8, 4) is 11.5 Å². The first-order valence-electron chi connectivity index (χ1n) is 11.7. The van der Waals surface area contributed by atoms with E-state index < -0.39 is 0 Å². The molecule has 0 atom stereocenters. The highest BCUT2D eigenvalue weighted by molar-refractivity contribution is 6.31. The van der Waals surface area contributed by atoms with Crippen molar-refractivity contribution in [1.29, 1.82) is 0 Å². The Morgan fingerprint density at radius 2 is 1.88 bits per heavy atom. The van der Waals surface area contributed by atoms with Gasteiger partial charge in [0.2, 0.25) is 5.78 Å². The Labute approximate surface area is 205 Å². The summed E-state index contributed by atoms with van der Waals surface area (Å²) in [6.45, 7) is 8.22. The Bertz CT molecular complexity index is 1280. The molecule has 3 aromatic rings. The maximum atomic E-state index is 13.3. The van der Waals surface area contributed by atoms with Crippen LogP contribution in [-0.2, 0) is 13.0 Å².